The second-order valence-corrected chi connectivity index (χ2v) is 5.01. The van der Waals surface area contributed by atoms with Gasteiger partial charge in [0.05, 0.1) is 6.10 Å². The SMILES string of the molecule is CNCC1CCN(C(=O)C2CCC(C)O2)C1. The standard InChI is InChI=1S/C12H22N2O2/c1-9-3-4-11(16-9)12(15)14-6-5-10(8-14)7-13-2/h9-11,13H,3-8H2,1-2H3. The first-order valence-electron chi connectivity index (χ1n) is 6.29. The van der Waals surface area contributed by atoms with Gasteiger partial charge in [0.1, 0.15) is 6.10 Å². The zero-order chi connectivity index (χ0) is 11.5. The summed E-state index contributed by atoms with van der Waals surface area (Å²) in [5, 5.41) is 3.18. The van der Waals surface area contributed by atoms with Crippen LogP contribution in [0.4, 0.5) is 0 Å². The van der Waals surface area contributed by atoms with Gasteiger partial charge in [0.15, 0.2) is 0 Å². The smallest absolute Gasteiger partial charge is 0.251 e. The van der Waals surface area contributed by atoms with Crippen LogP contribution in [0.1, 0.15) is 26.2 Å². The molecule has 0 aromatic heterocycles. The van der Waals surface area contributed by atoms with E-state index in [4.69, 9.17) is 4.74 Å². The van der Waals surface area contributed by atoms with E-state index in [0.717, 1.165) is 38.9 Å². The minimum absolute atomic E-state index is 0.164. The van der Waals surface area contributed by atoms with Crippen molar-refractivity contribution in [1.29, 1.82) is 0 Å². The summed E-state index contributed by atoms with van der Waals surface area (Å²) >= 11 is 0. The number of likely N-dealkylation sites (tertiary alicyclic amines) is 1. The Bertz CT molecular complexity index is 257. The zero-order valence-electron chi connectivity index (χ0n) is 10.2. The molecule has 1 N–H and O–H groups in total. The van der Waals surface area contributed by atoms with Gasteiger partial charge in [-0.3, -0.25) is 4.79 Å². The van der Waals surface area contributed by atoms with E-state index in [2.05, 4.69) is 5.32 Å². The summed E-state index contributed by atoms with van der Waals surface area (Å²) in [6.45, 7) is 4.85. The van der Waals surface area contributed by atoms with Gasteiger partial charge >= 0.3 is 0 Å². The quantitative estimate of drug-likeness (QED) is 0.767. The van der Waals surface area contributed by atoms with E-state index in [1.54, 1.807) is 0 Å². The van der Waals surface area contributed by atoms with Crippen LogP contribution >= 0.6 is 0 Å². The number of nitrogens with zero attached hydrogens (tertiary/aromatic N) is 1. The lowest BCUT2D eigenvalue weighted by Crippen LogP contribution is -2.38. The Morgan fingerprint density at radius 1 is 1.44 bits per heavy atom. The van der Waals surface area contributed by atoms with Crippen molar-refractivity contribution in [3.63, 3.8) is 0 Å². The van der Waals surface area contributed by atoms with E-state index < -0.39 is 0 Å². The molecule has 2 aliphatic heterocycles. The highest BCUT2D eigenvalue weighted by atomic mass is 16.5. The highest BCUT2D eigenvalue weighted by Crippen LogP contribution is 2.24. The molecule has 0 saturated carbocycles. The number of hydrogen-bond acceptors (Lipinski definition) is 3. The molecule has 16 heavy (non-hydrogen) atoms. The van der Waals surface area contributed by atoms with Crippen LogP contribution in [0, 0.1) is 5.92 Å². The van der Waals surface area contributed by atoms with E-state index in [1.165, 1.54) is 0 Å². The minimum Gasteiger partial charge on any atom is -0.365 e. The second kappa shape index (κ2) is 5.15. The first-order valence-corrected chi connectivity index (χ1v) is 6.29. The number of ether oxygens (including phenoxy) is 1. The van der Waals surface area contributed by atoms with Crippen molar-refractivity contribution in [3.8, 4) is 0 Å². The van der Waals surface area contributed by atoms with Crippen molar-refractivity contribution < 1.29 is 9.53 Å². The molecule has 0 aromatic rings. The Morgan fingerprint density at radius 3 is 2.88 bits per heavy atom. The largest absolute Gasteiger partial charge is 0.365 e. The molecule has 1 amide bonds. The molecule has 0 bridgehead atoms. The van der Waals surface area contributed by atoms with E-state index in [-0.39, 0.29) is 18.1 Å². The van der Waals surface area contributed by atoms with Gasteiger partial charge in [-0.1, -0.05) is 0 Å². The maximum atomic E-state index is 12.1. The number of carbonyl (C=O) groups excluding carboxylic acids is 1. The first kappa shape index (κ1) is 11.9. The molecule has 4 nitrogen and oxygen atoms in total. The summed E-state index contributed by atoms with van der Waals surface area (Å²) in [6.07, 6.45) is 3.12. The number of carbonyl (C=O) groups is 1. The molecule has 92 valence electrons. The topological polar surface area (TPSA) is 41.6 Å². The third-order valence-corrected chi connectivity index (χ3v) is 3.60. The summed E-state index contributed by atoms with van der Waals surface area (Å²) in [5.41, 5.74) is 0. The molecule has 3 atom stereocenters. The summed E-state index contributed by atoms with van der Waals surface area (Å²) in [4.78, 5) is 14.1. The fourth-order valence-corrected chi connectivity index (χ4v) is 2.68. The van der Waals surface area contributed by atoms with Crippen molar-refractivity contribution >= 4 is 5.91 Å². The van der Waals surface area contributed by atoms with E-state index >= 15 is 0 Å². The molecular weight excluding hydrogens is 204 g/mol. The molecule has 2 rings (SSSR count). The number of rotatable bonds is 3. The van der Waals surface area contributed by atoms with Crippen LogP contribution in [0.5, 0.6) is 0 Å². The summed E-state index contributed by atoms with van der Waals surface area (Å²) in [6, 6.07) is 0. The molecule has 3 unspecified atom stereocenters. The first-order chi connectivity index (χ1) is 7.70. The second-order valence-electron chi connectivity index (χ2n) is 5.01. The molecule has 2 heterocycles. The lowest BCUT2D eigenvalue weighted by molar-refractivity contribution is -0.141. The van der Waals surface area contributed by atoms with Crippen molar-refractivity contribution in [2.45, 2.75) is 38.4 Å². The maximum Gasteiger partial charge on any atom is 0.251 e. The van der Waals surface area contributed by atoms with E-state index in [0.29, 0.717) is 5.92 Å². The molecular formula is C12H22N2O2. The van der Waals surface area contributed by atoms with Crippen LogP contribution < -0.4 is 5.32 Å². The summed E-state index contributed by atoms with van der Waals surface area (Å²) in [7, 11) is 1.96. The fourth-order valence-electron chi connectivity index (χ4n) is 2.68. The molecule has 4 heteroatoms. The van der Waals surface area contributed by atoms with Gasteiger partial charge in [-0.15, -0.1) is 0 Å². The third kappa shape index (κ3) is 2.55. The van der Waals surface area contributed by atoms with Gasteiger partial charge in [-0.25, -0.2) is 0 Å². The normalized spacial score (nSPS) is 34.6. The average molecular weight is 226 g/mol. The Morgan fingerprint density at radius 2 is 2.25 bits per heavy atom. The van der Waals surface area contributed by atoms with Crippen molar-refractivity contribution in [2.24, 2.45) is 5.92 Å². The summed E-state index contributed by atoms with van der Waals surface area (Å²) < 4.78 is 5.62. The third-order valence-electron chi connectivity index (χ3n) is 3.60. The molecule has 0 spiro atoms. The molecule has 0 aromatic carbocycles. The minimum atomic E-state index is -0.164. The van der Waals surface area contributed by atoms with Crippen LogP contribution in [0.25, 0.3) is 0 Å². The van der Waals surface area contributed by atoms with Crippen LogP contribution in [-0.2, 0) is 9.53 Å². The monoisotopic (exact) mass is 226 g/mol. The lowest BCUT2D eigenvalue weighted by Gasteiger charge is -2.20. The van der Waals surface area contributed by atoms with Gasteiger partial charge in [-0.05, 0) is 45.7 Å². The number of amides is 1. The fraction of sp³-hybridized carbons (Fsp3) is 0.917. The predicted octanol–water partition coefficient (Wildman–Crippen LogP) is 0.622. The van der Waals surface area contributed by atoms with Crippen molar-refractivity contribution in [3.05, 3.63) is 0 Å². The Balaban J connectivity index is 1.82. The molecule has 2 fully saturated rings. The lowest BCUT2D eigenvalue weighted by atomic mass is 10.1. The zero-order valence-corrected chi connectivity index (χ0v) is 10.2. The molecule has 0 aliphatic carbocycles. The van der Waals surface area contributed by atoms with Gasteiger partial charge < -0.3 is 15.0 Å². The maximum absolute atomic E-state index is 12.1. The van der Waals surface area contributed by atoms with Crippen LogP contribution in [0.2, 0.25) is 0 Å². The van der Waals surface area contributed by atoms with E-state index in [9.17, 15) is 4.79 Å². The predicted molar refractivity (Wildman–Crippen MR) is 62.2 cm³/mol. The summed E-state index contributed by atoms with van der Waals surface area (Å²) in [5.74, 6) is 0.829. The molecule has 2 saturated heterocycles. The van der Waals surface area contributed by atoms with Crippen LogP contribution in [-0.4, -0.2) is 49.7 Å². The average Bonchev–Trinajstić information content (AvgIpc) is 2.87. The molecule has 2 aliphatic rings. The Kier molecular flexibility index (Phi) is 3.82. The van der Waals surface area contributed by atoms with Gasteiger partial charge in [0.25, 0.3) is 5.91 Å². The van der Waals surface area contributed by atoms with Crippen molar-refractivity contribution in [2.75, 3.05) is 26.7 Å². The Labute approximate surface area is 97.3 Å². The Hall–Kier alpha value is -0.610. The van der Waals surface area contributed by atoms with Crippen LogP contribution in [0.15, 0.2) is 0 Å². The highest BCUT2D eigenvalue weighted by molar-refractivity contribution is 5.81. The number of nitrogens with one attached hydrogen (secondary N) is 1. The molecule has 0 radical (unpaired) electrons. The van der Waals surface area contributed by atoms with Crippen molar-refractivity contribution in [1.82, 2.24) is 10.2 Å². The highest BCUT2D eigenvalue weighted by Gasteiger charge is 2.34. The van der Waals surface area contributed by atoms with Gasteiger partial charge in [-0.2, -0.15) is 0 Å². The van der Waals surface area contributed by atoms with Gasteiger partial charge in [0.2, 0.25) is 0 Å². The van der Waals surface area contributed by atoms with Crippen LogP contribution in [0.3, 0.4) is 0 Å². The number of hydrogen-bond donors (Lipinski definition) is 1. The van der Waals surface area contributed by atoms with Gasteiger partial charge in [0, 0.05) is 13.1 Å². The van der Waals surface area contributed by atoms with E-state index in [1.807, 2.05) is 18.9 Å².